The Hall–Kier alpha value is -1.43. The third-order valence-electron chi connectivity index (χ3n) is 1.82. The fraction of sp³-hybridized carbons (Fsp3) is 0.200. The number of ether oxygens (including phenoxy) is 1. The molecule has 1 aromatic carbocycles. The number of amides is 1. The molecule has 0 heterocycles. The van der Waals surface area contributed by atoms with Crippen molar-refractivity contribution >= 4 is 27.8 Å². The lowest BCUT2D eigenvalue weighted by Gasteiger charge is -2.05. The van der Waals surface area contributed by atoms with Crippen LogP contribution < -0.4 is 5.32 Å². The van der Waals surface area contributed by atoms with Gasteiger partial charge in [0.15, 0.2) is 0 Å². The highest BCUT2D eigenvalue weighted by atomic mass is 79.9. The summed E-state index contributed by atoms with van der Waals surface area (Å²) in [5, 5.41) is 2.24. The van der Waals surface area contributed by atoms with Crippen LogP contribution in [0.3, 0.4) is 0 Å². The van der Waals surface area contributed by atoms with Gasteiger partial charge in [-0.25, -0.2) is 4.39 Å². The Kier molecular flexibility index (Phi) is 4.42. The molecule has 1 aromatic rings. The number of benzene rings is 1. The average Bonchev–Trinajstić information content (AvgIpc) is 2.29. The zero-order valence-electron chi connectivity index (χ0n) is 8.42. The molecule has 0 saturated heterocycles. The minimum atomic E-state index is -0.663. The van der Waals surface area contributed by atoms with Gasteiger partial charge in [0, 0.05) is 0 Å². The lowest BCUT2D eigenvalue weighted by atomic mass is 10.2. The van der Waals surface area contributed by atoms with Crippen LogP contribution in [0.1, 0.15) is 10.4 Å². The van der Waals surface area contributed by atoms with Gasteiger partial charge in [0.2, 0.25) is 0 Å². The van der Waals surface area contributed by atoms with Crippen molar-refractivity contribution in [2.24, 2.45) is 0 Å². The van der Waals surface area contributed by atoms with E-state index in [0.717, 1.165) is 0 Å². The van der Waals surface area contributed by atoms with Gasteiger partial charge < -0.3 is 10.1 Å². The summed E-state index contributed by atoms with van der Waals surface area (Å²) in [5.74, 6) is -1.92. The SMILES string of the molecule is COC(=O)CNC(=O)c1cccc(Br)c1F. The van der Waals surface area contributed by atoms with Gasteiger partial charge in [-0.1, -0.05) is 6.07 Å². The van der Waals surface area contributed by atoms with Gasteiger partial charge in [0.05, 0.1) is 17.1 Å². The minimum absolute atomic E-state index is 0.127. The topological polar surface area (TPSA) is 55.4 Å². The molecule has 16 heavy (non-hydrogen) atoms. The zero-order chi connectivity index (χ0) is 12.1. The molecule has 6 heteroatoms. The number of methoxy groups -OCH3 is 1. The summed E-state index contributed by atoms with van der Waals surface area (Å²) in [6.07, 6.45) is 0. The number of hydrogen-bond donors (Lipinski definition) is 1. The lowest BCUT2D eigenvalue weighted by Crippen LogP contribution is -2.30. The first-order chi connectivity index (χ1) is 7.56. The van der Waals surface area contributed by atoms with Gasteiger partial charge >= 0.3 is 5.97 Å². The Morgan fingerprint density at radius 3 is 2.81 bits per heavy atom. The second-order valence-electron chi connectivity index (χ2n) is 2.86. The molecule has 0 aliphatic carbocycles. The molecule has 0 bridgehead atoms. The predicted octanol–water partition coefficient (Wildman–Crippen LogP) is 1.49. The van der Waals surface area contributed by atoms with E-state index in [1.54, 1.807) is 0 Å². The molecular weight excluding hydrogens is 281 g/mol. The van der Waals surface area contributed by atoms with Gasteiger partial charge in [-0.2, -0.15) is 0 Å². The van der Waals surface area contributed by atoms with Crippen LogP contribution in [0.25, 0.3) is 0 Å². The monoisotopic (exact) mass is 289 g/mol. The normalized spacial score (nSPS) is 9.69. The first-order valence-corrected chi connectivity index (χ1v) is 5.14. The van der Waals surface area contributed by atoms with E-state index in [4.69, 9.17) is 0 Å². The quantitative estimate of drug-likeness (QED) is 0.858. The number of carbonyl (C=O) groups is 2. The van der Waals surface area contributed by atoms with Crippen LogP contribution >= 0.6 is 15.9 Å². The molecular formula is C10H9BrFNO3. The third kappa shape index (κ3) is 3.03. The van der Waals surface area contributed by atoms with Gasteiger partial charge in [-0.3, -0.25) is 9.59 Å². The Morgan fingerprint density at radius 2 is 2.19 bits per heavy atom. The molecule has 1 N–H and O–H groups in total. The largest absolute Gasteiger partial charge is 0.468 e. The Bertz CT molecular complexity index is 423. The maximum Gasteiger partial charge on any atom is 0.325 e. The summed E-state index contributed by atoms with van der Waals surface area (Å²) in [5.41, 5.74) is -0.127. The molecule has 0 atom stereocenters. The van der Waals surface area contributed by atoms with E-state index in [1.165, 1.54) is 25.3 Å². The van der Waals surface area contributed by atoms with Gasteiger partial charge in [-0.05, 0) is 28.1 Å². The Labute approximate surface area is 99.9 Å². The molecule has 1 amide bonds. The van der Waals surface area contributed by atoms with E-state index >= 15 is 0 Å². The highest BCUT2D eigenvalue weighted by molar-refractivity contribution is 9.10. The maximum absolute atomic E-state index is 13.4. The van der Waals surface area contributed by atoms with Crippen LogP contribution in [0.2, 0.25) is 0 Å². The first-order valence-electron chi connectivity index (χ1n) is 4.35. The third-order valence-corrected chi connectivity index (χ3v) is 2.43. The summed E-state index contributed by atoms with van der Waals surface area (Å²) in [7, 11) is 1.20. The fourth-order valence-electron chi connectivity index (χ4n) is 0.999. The summed E-state index contributed by atoms with van der Waals surface area (Å²) < 4.78 is 18.0. The number of nitrogens with one attached hydrogen (secondary N) is 1. The zero-order valence-corrected chi connectivity index (χ0v) is 10.0. The van der Waals surface area contributed by atoms with Crippen molar-refractivity contribution in [3.63, 3.8) is 0 Å². The molecule has 0 fully saturated rings. The van der Waals surface area contributed by atoms with Crippen LogP contribution in [-0.4, -0.2) is 25.5 Å². The van der Waals surface area contributed by atoms with Gasteiger partial charge in [0.1, 0.15) is 12.4 Å². The molecule has 0 aromatic heterocycles. The second kappa shape index (κ2) is 5.60. The molecule has 4 nitrogen and oxygen atoms in total. The molecule has 1 rings (SSSR count). The summed E-state index contributed by atoms with van der Waals surface area (Å²) in [4.78, 5) is 22.2. The first kappa shape index (κ1) is 12.6. The van der Waals surface area contributed by atoms with Crippen molar-refractivity contribution in [2.45, 2.75) is 0 Å². The van der Waals surface area contributed by atoms with E-state index in [9.17, 15) is 14.0 Å². The van der Waals surface area contributed by atoms with Crippen molar-refractivity contribution < 1.29 is 18.7 Å². The number of hydrogen-bond acceptors (Lipinski definition) is 3. The molecule has 0 unspecified atom stereocenters. The second-order valence-corrected chi connectivity index (χ2v) is 3.71. The lowest BCUT2D eigenvalue weighted by molar-refractivity contribution is -0.139. The van der Waals surface area contributed by atoms with E-state index in [1.807, 2.05) is 0 Å². The molecule has 0 spiro atoms. The molecule has 0 aliphatic heterocycles. The van der Waals surface area contributed by atoms with Crippen molar-refractivity contribution in [1.82, 2.24) is 5.32 Å². The van der Waals surface area contributed by atoms with E-state index in [-0.39, 0.29) is 16.6 Å². The van der Waals surface area contributed by atoms with Crippen LogP contribution in [-0.2, 0) is 9.53 Å². The van der Waals surface area contributed by atoms with Crippen molar-refractivity contribution in [3.8, 4) is 0 Å². The van der Waals surface area contributed by atoms with Gasteiger partial charge in [0.25, 0.3) is 5.91 Å². The van der Waals surface area contributed by atoms with Crippen molar-refractivity contribution in [1.29, 1.82) is 0 Å². The maximum atomic E-state index is 13.4. The molecule has 0 aliphatic rings. The summed E-state index contributed by atoms with van der Waals surface area (Å²) >= 11 is 2.96. The van der Waals surface area contributed by atoms with E-state index in [2.05, 4.69) is 26.0 Å². The number of halogens is 2. The van der Waals surface area contributed by atoms with E-state index in [0.29, 0.717) is 0 Å². The predicted molar refractivity (Wildman–Crippen MR) is 58.4 cm³/mol. The summed E-state index contributed by atoms with van der Waals surface area (Å²) in [6.45, 7) is -0.290. The molecule has 0 radical (unpaired) electrons. The number of esters is 1. The smallest absolute Gasteiger partial charge is 0.325 e. The Balaban J connectivity index is 2.74. The summed E-state index contributed by atoms with van der Waals surface area (Å²) in [6, 6.07) is 4.33. The highest BCUT2D eigenvalue weighted by Crippen LogP contribution is 2.18. The molecule has 86 valence electrons. The number of rotatable bonds is 3. The standard InChI is InChI=1S/C10H9BrFNO3/c1-16-8(14)5-13-10(15)6-3-2-4-7(11)9(6)12/h2-4H,5H2,1H3,(H,13,15). The Morgan fingerprint density at radius 1 is 1.50 bits per heavy atom. The van der Waals surface area contributed by atoms with Crippen LogP contribution in [0.4, 0.5) is 4.39 Å². The average molecular weight is 290 g/mol. The van der Waals surface area contributed by atoms with Crippen molar-refractivity contribution in [3.05, 3.63) is 34.1 Å². The fourth-order valence-corrected chi connectivity index (χ4v) is 1.37. The molecule has 0 saturated carbocycles. The highest BCUT2D eigenvalue weighted by Gasteiger charge is 2.14. The van der Waals surface area contributed by atoms with Gasteiger partial charge in [-0.15, -0.1) is 0 Å². The van der Waals surface area contributed by atoms with Crippen LogP contribution in [0.5, 0.6) is 0 Å². The minimum Gasteiger partial charge on any atom is -0.468 e. The van der Waals surface area contributed by atoms with E-state index < -0.39 is 17.7 Å². The number of carbonyl (C=O) groups excluding carboxylic acids is 2. The van der Waals surface area contributed by atoms with Crippen molar-refractivity contribution in [2.75, 3.05) is 13.7 Å². The van der Waals surface area contributed by atoms with Crippen LogP contribution in [0.15, 0.2) is 22.7 Å². The van der Waals surface area contributed by atoms with Crippen LogP contribution in [0, 0.1) is 5.82 Å².